The van der Waals surface area contributed by atoms with Crippen LogP contribution in [0.1, 0.15) is 28.2 Å². The van der Waals surface area contributed by atoms with Gasteiger partial charge in [0.05, 0.1) is 18.4 Å². The first-order valence-electron chi connectivity index (χ1n) is 8.89. The number of nitrogens with zero attached hydrogens (tertiary/aromatic N) is 4. The Labute approximate surface area is 166 Å². The molecule has 1 N–H and O–H groups in total. The number of carbonyl (C=O) groups is 1. The zero-order valence-corrected chi connectivity index (χ0v) is 16.6. The minimum absolute atomic E-state index is 0.199. The lowest BCUT2D eigenvalue weighted by Crippen LogP contribution is -2.27. The molecular weight excluding hydrogens is 398 g/mol. The minimum Gasteiger partial charge on any atom is -0.346 e. The number of carbonyl (C=O) groups excluding carboxylic acids is 1. The normalized spacial score (nSPS) is 15.0. The van der Waals surface area contributed by atoms with Crippen LogP contribution >= 0.6 is 11.3 Å². The third kappa shape index (κ3) is 3.84. The Morgan fingerprint density at radius 3 is 2.61 bits per heavy atom. The van der Waals surface area contributed by atoms with Crippen LogP contribution in [0.15, 0.2) is 52.9 Å². The molecule has 1 aromatic carbocycles. The second kappa shape index (κ2) is 7.82. The number of aromatic nitrogens is 3. The van der Waals surface area contributed by atoms with E-state index in [0.29, 0.717) is 17.3 Å². The summed E-state index contributed by atoms with van der Waals surface area (Å²) < 4.78 is 27.0. The average molecular weight is 418 g/mol. The molecule has 1 saturated heterocycles. The molecule has 3 heterocycles. The molecule has 2 aromatic heterocycles. The van der Waals surface area contributed by atoms with Crippen LogP contribution in [-0.2, 0) is 16.6 Å². The number of hydrogen-bond acceptors (Lipinski definition) is 6. The van der Waals surface area contributed by atoms with Crippen molar-refractivity contribution < 1.29 is 13.2 Å². The summed E-state index contributed by atoms with van der Waals surface area (Å²) in [7, 11) is -3.42. The second-order valence-electron chi connectivity index (χ2n) is 6.37. The van der Waals surface area contributed by atoms with Crippen LogP contribution in [0.4, 0.5) is 0 Å². The van der Waals surface area contributed by atoms with Crippen molar-refractivity contribution in [3.8, 4) is 5.69 Å². The smallest absolute Gasteiger partial charge is 0.273 e. The second-order valence-corrected chi connectivity index (χ2v) is 9.70. The predicted molar refractivity (Wildman–Crippen MR) is 105 cm³/mol. The van der Waals surface area contributed by atoms with Crippen LogP contribution < -0.4 is 5.32 Å². The van der Waals surface area contributed by atoms with Gasteiger partial charge in [-0.25, -0.2) is 8.42 Å². The van der Waals surface area contributed by atoms with Crippen molar-refractivity contribution in [2.24, 2.45) is 0 Å². The fourth-order valence-electron chi connectivity index (χ4n) is 2.96. The number of nitrogens with one attached hydrogen (secondary N) is 1. The van der Waals surface area contributed by atoms with E-state index in [1.165, 1.54) is 26.6 Å². The van der Waals surface area contributed by atoms with Gasteiger partial charge in [0, 0.05) is 18.0 Å². The van der Waals surface area contributed by atoms with E-state index >= 15 is 0 Å². The highest BCUT2D eigenvalue weighted by Crippen LogP contribution is 2.27. The molecule has 8 nitrogen and oxygen atoms in total. The summed E-state index contributed by atoms with van der Waals surface area (Å²) in [4.78, 5) is 14.5. The van der Waals surface area contributed by atoms with E-state index in [2.05, 4.69) is 15.5 Å². The maximum Gasteiger partial charge on any atom is 0.273 e. The van der Waals surface area contributed by atoms with Gasteiger partial charge in [-0.3, -0.25) is 4.79 Å². The molecule has 146 valence electrons. The van der Waals surface area contributed by atoms with Gasteiger partial charge in [-0.05, 0) is 37.1 Å². The van der Waals surface area contributed by atoms with Crippen LogP contribution in [-0.4, -0.2) is 46.7 Å². The SMILES string of the molecule is O=C(NCc1ccc(S(=O)(=O)N2CCCC2)s1)c1cnn(-c2ccccc2)n1. The van der Waals surface area contributed by atoms with Crippen LogP contribution in [0.25, 0.3) is 5.69 Å². The monoisotopic (exact) mass is 417 g/mol. The average Bonchev–Trinajstić information content (AvgIpc) is 3.48. The van der Waals surface area contributed by atoms with E-state index in [1.54, 1.807) is 12.1 Å². The summed E-state index contributed by atoms with van der Waals surface area (Å²) in [6, 6.07) is 12.6. The molecule has 0 atom stereocenters. The molecule has 3 aromatic rings. The summed E-state index contributed by atoms with van der Waals surface area (Å²) >= 11 is 1.18. The molecule has 0 radical (unpaired) electrons. The van der Waals surface area contributed by atoms with Gasteiger partial charge < -0.3 is 5.32 Å². The Morgan fingerprint density at radius 1 is 1.11 bits per heavy atom. The van der Waals surface area contributed by atoms with Gasteiger partial charge in [0.25, 0.3) is 15.9 Å². The summed E-state index contributed by atoms with van der Waals surface area (Å²) in [6.07, 6.45) is 3.20. The molecule has 0 bridgehead atoms. The van der Waals surface area contributed by atoms with Crippen LogP contribution in [0.5, 0.6) is 0 Å². The third-order valence-corrected chi connectivity index (χ3v) is 7.88. The summed E-state index contributed by atoms with van der Waals surface area (Å²) in [5, 5.41) is 11.1. The molecule has 1 amide bonds. The fraction of sp³-hybridized carbons (Fsp3) is 0.278. The van der Waals surface area contributed by atoms with Crippen LogP contribution in [0.2, 0.25) is 0 Å². The standard InChI is InChI=1S/C18H19N5O3S2/c24-18(16-13-20-23(21-16)14-6-2-1-3-7-14)19-12-15-8-9-17(27-15)28(25,26)22-10-4-5-11-22/h1-3,6-9,13H,4-5,10-12H2,(H,19,24). The van der Waals surface area contributed by atoms with Crippen molar-refractivity contribution >= 4 is 27.3 Å². The molecule has 0 saturated carbocycles. The van der Waals surface area contributed by atoms with Crippen molar-refractivity contribution in [3.63, 3.8) is 0 Å². The topological polar surface area (TPSA) is 97.2 Å². The molecule has 28 heavy (non-hydrogen) atoms. The number of rotatable bonds is 6. The summed E-state index contributed by atoms with van der Waals surface area (Å²) in [6.45, 7) is 1.38. The van der Waals surface area contributed by atoms with E-state index in [0.717, 1.165) is 23.4 Å². The number of amides is 1. The quantitative estimate of drug-likeness (QED) is 0.662. The lowest BCUT2D eigenvalue weighted by atomic mass is 10.3. The van der Waals surface area contributed by atoms with Crippen LogP contribution in [0, 0.1) is 0 Å². The predicted octanol–water partition coefficient (Wildman–Crippen LogP) is 2.04. The van der Waals surface area contributed by atoms with Crippen LogP contribution in [0.3, 0.4) is 0 Å². The van der Waals surface area contributed by atoms with Gasteiger partial charge in [0.15, 0.2) is 5.69 Å². The molecule has 1 aliphatic rings. The Hall–Kier alpha value is -2.56. The van der Waals surface area contributed by atoms with Gasteiger partial charge in [-0.2, -0.15) is 14.2 Å². The van der Waals surface area contributed by atoms with Gasteiger partial charge >= 0.3 is 0 Å². The van der Waals surface area contributed by atoms with Gasteiger partial charge in [-0.1, -0.05) is 18.2 Å². The molecule has 0 spiro atoms. The molecule has 0 aliphatic carbocycles. The number of sulfonamides is 1. The zero-order valence-electron chi connectivity index (χ0n) is 15.0. The van der Waals surface area contributed by atoms with Crippen molar-refractivity contribution in [2.45, 2.75) is 23.6 Å². The van der Waals surface area contributed by atoms with Crippen molar-refractivity contribution in [2.75, 3.05) is 13.1 Å². The first-order chi connectivity index (χ1) is 13.5. The first kappa shape index (κ1) is 18.8. The number of thiophene rings is 1. The Morgan fingerprint density at radius 2 is 1.86 bits per heavy atom. The van der Waals surface area contributed by atoms with Crippen molar-refractivity contribution in [1.29, 1.82) is 0 Å². The molecule has 10 heteroatoms. The zero-order chi connectivity index (χ0) is 19.6. The Bertz CT molecular complexity index is 1070. The maximum atomic E-state index is 12.6. The van der Waals surface area contributed by atoms with E-state index < -0.39 is 10.0 Å². The molecule has 4 rings (SSSR count). The van der Waals surface area contributed by atoms with Gasteiger partial charge in [-0.15, -0.1) is 16.4 Å². The number of benzene rings is 1. The Kier molecular flexibility index (Phi) is 5.25. The molecule has 1 fully saturated rings. The summed E-state index contributed by atoms with van der Waals surface area (Å²) in [5.74, 6) is -0.362. The lowest BCUT2D eigenvalue weighted by molar-refractivity contribution is 0.0946. The lowest BCUT2D eigenvalue weighted by Gasteiger charge is -2.13. The first-order valence-corrected chi connectivity index (χ1v) is 11.1. The highest BCUT2D eigenvalue weighted by molar-refractivity contribution is 7.91. The van der Waals surface area contributed by atoms with Gasteiger partial charge in [0.1, 0.15) is 4.21 Å². The van der Waals surface area contributed by atoms with Crippen molar-refractivity contribution in [1.82, 2.24) is 24.6 Å². The minimum atomic E-state index is -3.42. The highest BCUT2D eigenvalue weighted by atomic mass is 32.2. The van der Waals surface area contributed by atoms with E-state index in [-0.39, 0.29) is 18.1 Å². The van der Waals surface area contributed by atoms with Gasteiger partial charge in [0.2, 0.25) is 0 Å². The van der Waals surface area contributed by atoms with Crippen molar-refractivity contribution in [3.05, 3.63) is 59.2 Å². The molecule has 1 aliphatic heterocycles. The number of para-hydroxylation sites is 1. The highest BCUT2D eigenvalue weighted by Gasteiger charge is 2.28. The summed E-state index contributed by atoms with van der Waals surface area (Å²) in [5.41, 5.74) is 0.960. The van der Waals surface area contributed by atoms with E-state index in [1.807, 2.05) is 30.3 Å². The van der Waals surface area contributed by atoms with E-state index in [9.17, 15) is 13.2 Å². The molecular formula is C18H19N5O3S2. The Balaban J connectivity index is 1.39. The maximum absolute atomic E-state index is 12.6. The fourth-order valence-corrected chi connectivity index (χ4v) is 5.93. The number of hydrogen-bond donors (Lipinski definition) is 1. The third-order valence-electron chi connectivity index (χ3n) is 4.43. The largest absolute Gasteiger partial charge is 0.346 e. The molecule has 0 unspecified atom stereocenters. The van der Waals surface area contributed by atoms with E-state index in [4.69, 9.17) is 0 Å².